The van der Waals surface area contributed by atoms with E-state index in [0.717, 1.165) is 25.0 Å². The third kappa shape index (κ3) is 4.73. The zero-order chi connectivity index (χ0) is 23.6. The van der Waals surface area contributed by atoms with Crippen molar-refractivity contribution in [1.82, 2.24) is 0 Å². The van der Waals surface area contributed by atoms with Crippen LogP contribution in [0.5, 0.6) is 11.5 Å². The van der Waals surface area contributed by atoms with Gasteiger partial charge in [0.15, 0.2) is 18.1 Å². The van der Waals surface area contributed by atoms with Gasteiger partial charge >= 0.3 is 12.1 Å². The fourth-order valence-electron chi connectivity index (χ4n) is 4.26. The Morgan fingerprint density at radius 2 is 1.76 bits per heavy atom. The molecule has 1 aliphatic carbocycles. The van der Waals surface area contributed by atoms with Gasteiger partial charge in [0.25, 0.3) is 5.91 Å². The average Bonchev–Trinajstić information content (AvgIpc) is 3.29. The van der Waals surface area contributed by atoms with E-state index in [0.29, 0.717) is 43.1 Å². The van der Waals surface area contributed by atoms with Crippen LogP contribution in [-0.2, 0) is 25.9 Å². The molecule has 2 aromatic carbocycles. The molecule has 1 fully saturated rings. The number of carbonyl (C=O) groups excluding carboxylic acids is 2. The lowest BCUT2D eigenvalue weighted by Crippen LogP contribution is -2.36. The van der Waals surface area contributed by atoms with Crippen molar-refractivity contribution in [2.24, 2.45) is 0 Å². The van der Waals surface area contributed by atoms with E-state index in [9.17, 15) is 22.8 Å². The molecular weight excluding hydrogens is 463 g/mol. The molecule has 1 amide bonds. The highest BCUT2D eigenvalue weighted by atomic mass is 35.5. The van der Waals surface area contributed by atoms with Gasteiger partial charge in [0.1, 0.15) is 13.2 Å². The molecule has 176 valence electrons. The number of para-hydroxylation sites is 1. The van der Waals surface area contributed by atoms with Crippen LogP contribution in [0.25, 0.3) is 0 Å². The molecule has 2 aliphatic rings. The van der Waals surface area contributed by atoms with E-state index in [-0.39, 0.29) is 5.02 Å². The van der Waals surface area contributed by atoms with Crippen LogP contribution < -0.4 is 14.8 Å². The van der Waals surface area contributed by atoms with Gasteiger partial charge in [-0.15, -0.1) is 0 Å². The van der Waals surface area contributed by atoms with E-state index in [1.165, 1.54) is 6.07 Å². The van der Waals surface area contributed by atoms with Crippen LogP contribution in [0, 0.1) is 0 Å². The van der Waals surface area contributed by atoms with Gasteiger partial charge in [-0.1, -0.05) is 36.6 Å². The maximum atomic E-state index is 13.2. The van der Waals surface area contributed by atoms with Gasteiger partial charge in [-0.2, -0.15) is 13.2 Å². The van der Waals surface area contributed by atoms with E-state index in [2.05, 4.69) is 5.32 Å². The zero-order valence-corrected chi connectivity index (χ0v) is 18.2. The summed E-state index contributed by atoms with van der Waals surface area (Å²) in [4.78, 5) is 25.5. The van der Waals surface area contributed by atoms with Gasteiger partial charge in [-0.25, -0.2) is 0 Å². The summed E-state index contributed by atoms with van der Waals surface area (Å²) in [5.74, 6) is -0.403. The van der Waals surface area contributed by atoms with Crippen molar-refractivity contribution in [2.75, 3.05) is 25.1 Å². The SMILES string of the molecule is O=C(COC(=O)C1(c2ccc3c(c2)OCCO3)CCCC1)Nc1c(Cl)cccc1C(F)(F)F. The molecule has 0 spiro atoms. The summed E-state index contributed by atoms with van der Waals surface area (Å²) in [7, 11) is 0. The van der Waals surface area contributed by atoms with E-state index < -0.39 is 41.3 Å². The molecule has 0 unspecified atom stereocenters. The third-order valence-corrected chi connectivity index (χ3v) is 6.18. The minimum atomic E-state index is -4.71. The Balaban J connectivity index is 1.48. The molecule has 1 N–H and O–H groups in total. The number of hydrogen-bond acceptors (Lipinski definition) is 5. The monoisotopic (exact) mass is 483 g/mol. The van der Waals surface area contributed by atoms with E-state index in [4.69, 9.17) is 25.8 Å². The molecule has 2 aromatic rings. The van der Waals surface area contributed by atoms with Crippen molar-refractivity contribution in [1.29, 1.82) is 0 Å². The lowest BCUT2D eigenvalue weighted by atomic mass is 9.78. The number of alkyl halides is 3. The summed E-state index contributed by atoms with van der Waals surface area (Å²) < 4.78 is 56.1. The van der Waals surface area contributed by atoms with Crippen LogP contribution in [0.2, 0.25) is 5.02 Å². The number of amides is 1. The summed E-state index contributed by atoms with van der Waals surface area (Å²) in [5.41, 5.74) is -1.93. The maximum absolute atomic E-state index is 13.2. The van der Waals surface area contributed by atoms with Gasteiger partial charge in [0.05, 0.1) is 21.7 Å². The molecule has 4 rings (SSSR count). The van der Waals surface area contributed by atoms with Crippen LogP contribution >= 0.6 is 11.6 Å². The summed E-state index contributed by atoms with van der Waals surface area (Å²) in [6, 6.07) is 8.44. The first kappa shape index (κ1) is 23.2. The van der Waals surface area contributed by atoms with Crippen molar-refractivity contribution in [3.63, 3.8) is 0 Å². The number of nitrogens with one attached hydrogen (secondary N) is 1. The highest BCUT2D eigenvalue weighted by Crippen LogP contribution is 2.45. The Morgan fingerprint density at radius 3 is 2.45 bits per heavy atom. The largest absolute Gasteiger partial charge is 0.486 e. The number of ether oxygens (including phenoxy) is 3. The van der Waals surface area contributed by atoms with Crippen LogP contribution in [0.15, 0.2) is 36.4 Å². The topological polar surface area (TPSA) is 73.9 Å². The molecule has 0 radical (unpaired) electrons. The van der Waals surface area contributed by atoms with Gasteiger partial charge in [0.2, 0.25) is 0 Å². The van der Waals surface area contributed by atoms with E-state index >= 15 is 0 Å². The fourth-order valence-corrected chi connectivity index (χ4v) is 4.48. The average molecular weight is 484 g/mol. The molecule has 10 heteroatoms. The minimum Gasteiger partial charge on any atom is -0.486 e. The smallest absolute Gasteiger partial charge is 0.418 e. The Hall–Kier alpha value is -2.94. The molecule has 6 nitrogen and oxygen atoms in total. The molecule has 33 heavy (non-hydrogen) atoms. The fraction of sp³-hybridized carbons (Fsp3) is 0.391. The lowest BCUT2D eigenvalue weighted by molar-refractivity contribution is -0.153. The first-order valence-electron chi connectivity index (χ1n) is 10.4. The second-order valence-electron chi connectivity index (χ2n) is 7.93. The van der Waals surface area contributed by atoms with Gasteiger partial charge in [-0.05, 0) is 42.7 Å². The van der Waals surface area contributed by atoms with Crippen molar-refractivity contribution in [2.45, 2.75) is 37.3 Å². The summed E-state index contributed by atoms with van der Waals surface area (Å²) in [6.07, 6.45) is -2.07. The Morgan fingerprint density at radius 1 is 1.06 bits per heavy atom. The van der Waals surface area contributed by atoms with E-state index in [1.54, 1.807) is 18.2 Å². The number of fused-ring (bicyclic) bond motifs is 1. The number of rotatable bonds is 5. The minimum absolute atomic E-state index is 0.270. The van der Waals surface area contributed by atoms with E-state index in [1.807, 2.05) is 0 Å². The van der Waals surface area contributed by atoms with Crippen molar-refractivity contribution >= 4 is 29.2 Å². The molecule has 1 heterocycles. The molecule has 1 aliphatic heterocycles. The first-order chi connectivity index (χ1) is 15.7. The molecule has 0 atom stereocenters. The van der Waals surface area contributed by atoms with Gasteiger partial charge < -0.3 is 19.5 Å². The standard InChI is InChI=1S/C23H21ClF3NO5/c24-16-5-3-4-15(23(25,26)27)20(16)28-19(29)13-33-21(30)22(8-1-2-9-22)14-6-7-17-18(12-14)32-11-10-31-17/h3-7,12H,1-2,8-11,13H2,(H,28,29). The number of carbonyl (C=O) groups is 2. The Labute approximate surface area is 193 Å². The number of halogens is 4. The normalized spacial score (nSPS) is 16.8. The molecular formula is C23H21ClF3NO5. The second-order valence-corrected chi connectivity index (χ2v) is 8.34. The summed E-state index contributed by atoms with van der Waals surface area (Å²) >= 11 is 5.86. The van der Waals surface area contributed by atoms with Crippen molar-refractivity contribution in [3.8, 4) is 11.5 Å². The number of hydrogen-bond donors (Lipinski definition) is 1. The van der Waals surface area contributed by atoms with Crippen LogP contribution in [0.1, 0.15) is 36.8 Å². The number of benzene rings is 2. The zero-order valence-electron chi connectivity index (χ0n) is 17.5. The third-order valence-electron chi connectivity index (χ3n) is 5.86. The van der Waals surface area contributed by atoms with Crippen LogP contribution in [-0.4, -0.2) is 31.7 Å². The van der Waals surface area contributed by atoms with Gasteiger partial charge in [0, 0.05) is 0 Å². The lowest BCUT2D eigenvalue weighted by Gasteiger charge is -2.29. The van der Waals surface area contributed by atoms with Crippen molar-refractivity contribution < 1.29 is 37.0 Å². The molecule has 1 saturated carbocycles. The summed E-state index contributed by atoms with van der Waals surface area (Å²) in [6.45, 7) is 0.0970. The predicted molar refractivity (Wildman–Crippen MR) is 114 cm³/mol. The van der Waals surface area contributed by atoms with Crippen molar-refractivity contribution in [3.05, 3.63) is 52.5 Å². The Bertz CT molecular complexity index is 1070. The highest BCUT2D eigenvalue weighted by Gasteiger charge is 2.45. The maximum Gasteiger partial charge on any atom is 0.418 e. The quantitative estimate of drug-likeness (QED) is 0.597. The first-order valence-corrected chi connectivity index (χ1v) is 10.8. The Kier molecular flexibility index (Phi) is 6.43. The van der Waals surface area contributed by atoms with Crippen LogP contribution in [0.3, 0.4) is 0 Å². The molecule has 0 bridgehead atoms. The predicted octanol–water partition coefficient (Wildman–Crippen LogP) is 5.12. The number of anilines is 1. The van der Waals surface area contributed by atoms with Crippen LogP contribution in [0.4, 0.5) is 18.9 Å². The number of esters is 1. The summed E-state index contributed by atoms with van der Waals surface area (Å²) in [5, 5.41) is 1.85. The molecule has 0 aromatic heterocycles. The molecule has 0 saturated heterocycles. The second kappa shape index (κ2) is 9.13. The van der Waals surface area contributed by atoms with Gasteiger partial charge in [-0.3, -0.25) is 9.59 Å². The highest BCUT2D eigenvalue weighted by molar-refractivity contribution is 6.34.